The Morgan fingerprint density at radius 2 is 1.84 bits per heavy atom. The van der Waals surface area contributed by atoms with Gasteiger partial charge in [0, 0.05) is 10.5 Å². The zero-order chi connectivity index (χ0) is 14.0. The number of hydrogen-bond donors (Lipinski definition) is 1. The van der Waals surface area contributed by atoms with Crippen LogP contribution >= 0.6 is 15.9 Å². The first kappa shape index (κ1) is 14.1. The molecule has 0 aliphatic rings. The van der Waals surface area contributed by atoms with E-state index in [-0.39, 0.29) is 6.04 Å². The molecule has 3 heteroatoms. The molecule has 2 nitrogen and oxygen atoms in total. The molecule has 0 amide bonds. The van der Waals surface area contributed by atoms with E-state index in [1.54, 1.807) is 0 Å². The number of halogens is 1. The number of aryl methyl sites for hydroxylation is 2. The van der Waals surface area contributed by atoms with Crippen molar-refractivity contribution in [3.05, 3.63) is 57.6 Å². The molecule has 0 heterocycles. The maximum Gasteiger partial charge on any atom is 0.130 e. The van der Waals surface area contributed by atoms with E-state index in [9.17, 15) is 0 Å². The predicted molar refractivity (Wildman–Crippen MR) is 82.7 cm³/mol. The van der Waals surface area contributed by atoms with E-state index in [2.05, 4.69) is 28.9 Å². The third kappa shape index (κ3) is 3.37. The Bertz CT molecular complexity index is 593. The molecule has 0 saturated carbocycles. The molecule has 19 heavy (non-hydrogen) atoms. The second kappa shape index (κ2) is 5.76. The van der Waals surface area contributed by atoms with Gasteiger partial charge in [-0.25, -0.2) is 0 Å². The Hall–Kier alpha value is -1.32. The highest BCUT2D eigenvalue weighted by Crippen LogP contribution is 2.31. The Balaban J connectivity index is 2.26. The Morgan fingerprint density at radius 1 is 1.11 bits per heavy atom. The quantitative estimate of drug-likeness (QED) is 0.875. The highest BCUT2D eigenvalue weighted by atomic mass is 79.9. The topological polar surface area (TPSA) is 35.2 Å². The number of benzene rings is 2. The van der Waals surface area contributed by atoms with Crippen molar-refractivity contribution in [2.75, 3.05) is 0 Å². The number of rotatable bonds is 3. The summed E-state index contributed by atoms with van der Waals surface area (Å²) in [6, 6.07) is 12.1. The second-order valence-corrected chi connectivity index (χ2v) is 5.70. The van der Waals surface area contributed by atoms with Gasteiger partial charge in [-0.3, -0.25) is 0 Å². The molecule has 0 unspecified atom stereocenters. The van der Waals surface area contributed by atoms with Gasteiger partial charge in [0.25, 0.3) is 0 Å². The second-order valence-electron chi connectivity index (χ2n) is 4.84. The van der Waals surface area contributed by atoms with Gasteiger partial charge in [-0.2, -0.15) is 0 Å². The Labute approximate surface area is 122 Å². The van der Waals surface area contributed by atoms with Crippen LogP contribution in [0.15, 0.2) is 40.9 Å². The highest BCUT2D eigenvalue weighted by Gasteiger charge is 2.07. The van der Waals surface area contributed by atoms with Crippen molar-refractivity contribution in [2.45, 2.75) is 26.8 Å². The lowest BCUT2D eigenvalue weighted by Crippen LogP contribution is -2.05. The van der Waals surface area contributed by atoms with Gasteiger partial charge in [0.2, 0.25) is 0 Å². The maximum absolute atomic E-state index is 5.91. The zero-order valence-electron chi connectivity index (χ0n) is 11.4. The fourth-order valence-electron chi connectivity index (χ4n) is 1.98. The maximum atomic E-state index is 5.91. The van der Waals surface area contributed by atoms with Crippen molar-refractivity contribution in [3.63, 3.8) is 0 Å². The molecule has 1 atom stereocenters. The molecule has 2 aromatic carbocycles. The van der Waals surface area contributed by atoms with Gasteiger partial charge >= 0.3 is 0 Å². The molecule has 0 spiro atoms. The van der Waals surface area contributed by atoms with E-state index in [0.717, 1.165) is 27.1 Å². The molecule has 0 aliphatic carbocycles. The molecule has 0 bridgehead atoms. The van der Waals surface area contributed by atoms with E-state index >= 15 is 0 Å². The lowest BCUT2D eigenvalue weighted by molar-refractivity contribution is 0.478. The van der Waals surface area contributed by atoms with Crippen LogP contribution in [0.3, 0.4) is 0 Å². The Kier molecular flexibility index (Phi) is 4.27. The van der Waals surface area contributed by atoms with Crippen LogP contribution in [-0.2, 0) is 0 Å². The minimum atomic E-state index is 0.00420. The lowest BCUT2D eigenvalue weighted by Gasteiger charge is -2.13. The molecule has 2 rings (SSSR count). The van der Waals surface area contributed by atoms with Gasteiger partial charge in [-0.05, 0) is 50.1 Å². The summed E-state index contributed by atoms with van der Waals surface area (Å²) in [7, 11) is 0. The standard InChI is InChI=1S/C16H18BrNO/c1-10-4-7-16(11(2)8-10)19-13-5-6-14(12(3)18)15(17)9-13/h4-9,12H,18H2,1-3H3/t12-/m0/s1. The van der Waals surface area contributed by atoms with Gasteiger partial charge in [0.05, 0.1) is 0 Å². The van der Waals surface area contributed by atoms with Crippen molar-refractivity contribution in [2.24, 2.45) is 5.73 Å². The largest absolute Gasteiger partial charge is 0.457 e. The first-order valence-corrected chi connectivity index (χ1v) is 7.07. The van der Waals surface area contributed by atoms with Crippen LogP contribution in [-0.4, -0.2) is 0 Å². The summed E-state index contributed by atoms with van der Waals surface area (Å²) in [5.41, 5.74) is 9.33. The van der Waals surface area contributed by atoms with Gasteiger partial charge in [0.1, 0.15) is 11.5 Å². The summed E-state index contributed by atoms with van der Waals surface area (Å²) in [6.07, 6.45) is 0. The van der Waals surface area contributed by atoms with Crippen molar-refractivity contribution in [1.29, 1.82) is 0 Å². The molecule has 100 valence electrons. The first-order valence-electron chi connectivity index (χ1n) is 6.27. The summed E-state index contributed by atoms with van der Waals surface area (Å²) >= 11 is 3.53. The molecule has 0 fully saturated rings. The molecule has 2 N–H and O–H groups in total. The van der Waals surface area contributed by atoms with Crippen LogP contribution < -0.4 is 10.5 Å². The average Bonchev–Trinajstić information content (AvgIpc) is 2.32. The third-order valence-electron chi connectivity index (χ3n) is 3.02. The highest BCUT2D eigenvalue weighted by molar-refractivity contribution is 9.10. The Morgan fingerprint density at radius 3 is 2.42 bits per heavy atom. The zero-order valence-corrected chi connectivity index (χ0v) is 13.0. The van der Waals surface area contributed by atoms with E-state index in [4.69, 9.17) is 10.5 Å². The monoisotopic (exact) mass is 319 g/mol. The van der Waals surface area contributed by atoms with Crippen molar-refractivity contribution in [1.82, 2.24) is 0 Å². The average molecular weight is 320 g/mol. The lowest BCUT2D eigenvalue weighted by atomic mass is 10.1. The summed E-state index contributed by atoms with van der Waals surface area (Å²) in [6.45, 7) is 6.09. The predicted octanol–water partition coefficient (Wildman–Crippen LogP) is 4.88. The minimum absolute atomic E-state index is 0.00420. The van der Waals surface area contributed by atoms with E-state index < -0.39 is 0 Å². The van der Waals surface area contributed by atoms with Gasteiger partial charge in [-0.1, -0.05) is 39.7 Å². The van der Waals surface area contributed by atoms with Crippen LogP contribution in [0.1, 0.15) is 29.7 Å². The number of nitrogens with two attached hydrogens (primary N) is 1. The first-order chi connectivity index (χ1) is 8.97. The number of hydrogen-bond acceptors (Lipinski definition) is 2. The number of ether oxygens (including phenoxy) is 1. The molecule has 2 aromatic rings. The SMILES string of the molecule is Cc1ccc(Oc2ccc([C@H](C)N)c(Br)c2)c(C)c1. The van der Waals surface area contributed by atoms with Crippen molar-refractivity contribution in [3.8, 4) is 11.5 Å². The van der Waals surface area contributed by atoms with E-state index in [1.807, 2.05) is 44.2 Å². The molecule has 0 saturated heterocycles. The third-order valence-corrected chi connectivity index (χ3v) is 3.71. The van der Waals surface area contributed by atoms with Crippen molar-refractivity contribution < 1.29 is 4.74 Å². The smallest absolute Gasteiger partial charge is 0.130 e. The summed E-state index contributed by atoms with van der Waals surface area (Å²) in [4.78, 5) is 0. The normalized spacial score (nSPS) is 12.3. The summed E-state index contributed by atoms with van der Waals surface area (Å²) in [5, 5.41) is 0. The molecule has 0 aliphatic heterocycles. The van der Waals surface area contributed by atoms with Gasteiger partial charge < -0.3 is 10.5 Å². The van der Waals surface area contributed by atoms with E-state index in [1.165, 1.54) is 5.56 Å². The fourth-order valence-corrected chi connectivity index (χ4v) is 2.70. The summed E-state index contributed by atoms with van der Waals surface area (Å²) in [5.74, 6) is 1.69. The summed E-state index contributed by atoms with van der Waals surface area (Å²) < 4.78 is 6.89. The van der Waals surface area contributed by atoms with Crippen LogP contribution in [0.4, 0.5) is 0 Å². The van der Waals surface area contributed by atoms with Crippen LogP contribution in [0.25, 0.3) is 0 Å². The van der Waals surface area contributed by atoms with Crippen LogP contribution in [0.2, 0.25) is 0 Å². The van der Waals surface area contributed by atoms with Gasteiger partial charge in [-0.15, -0.1) is 0 Å². The van der Waals surface area contributed by atoms with Crippen LogP contribution in [0, 0.1) is 13.8 Å². The van der Waals surface area contributed by atoms with E-state index in [0.29, 0.717) is 0 Å². The molecule has 0 aromatic heterocycles. The molecular formula is C16H18BrNO. The fraction of sp³-hybridized carbons (Fsp3) is 0.250. The van der Waals surface area contributed by atoms with Crippen molar-refractivity contribution >= 4 is 15.9 Å². The molecular weight excluding hydrogens is 302 g/mol. The molecule has 0 radical (unpaired) electrons. The minimum Gasteiger partial charge on any atom is -0.457 e. The van der Waals surface area contributed by atoms with Crippen LogP contribution in [0.5, 0.6) is 11.5 Å². The van der Waals surface area contributed by atoms with Gasteiger partial charge in [0.15, 0.2) is 0 Å².